The summed E-state index contributed by atoms with van der Waals surface area (Å²) in [6.07, 6.45) is 0. The number of rotatable bonds is 4. The Kier molecular flexibility index (Phi) is 6.61. The largest absolute Gasteiger partial charge is 0.309 e. The summed E-state index contributed by atoms with van der Waals surface area (Å²) in [6.45, 7) is 8.37. The van der Waals surface area contributed by atoms with E-state index in [4.69, 9.17) is 6.57 Å². The fraction of sp³-hybridized carbons (Fsp3) is 0. The topological polar surface area (TPSA) is 42.9 Å². The molecule has 0 saturated heterocycles. The lowest BCUT2D eigenvalue weighted by Crippen LogP contribution is -2.02. The second-order valence-electron chi connectivity index (χ2n) is 13.9. The summed E-state index contributed by atoms with van der Waals surface area (Å²) in [5, 5.41) is 16.6. The Balaban J connectivity index is 1.19. The fourth-order valence-corrected chi connectivity index (χ4v) is 8.81. The molecule has 5 heteroatoms. The zero-order valence-corrected chi connectivity index (χ0v) is 29.5. The Morgan fingerprint density at radius 1 is 0.436 bits per heavy atom. The summed E-state index contributed by atoms with van der Waals surface area (Å²) in [7, 11) is 0. The molecule has 0 amide bonds. The van der Waals surface area contributed by atoms with E-state index < -0.39 is 0 Å². The van der Waals surface area contributed by atoms with Crippen LogP contribution in [0.25, 0.3) is 98.5 Å². The monoisotopic (exact) mass is 699 g/mol. The van der Waals surface area contributed by atoms with Crippen LogP contribution in [-0.4, -0.2) is 13.7 Å². The van der Waals surface area contributed by atoms with Crippen LogP contribution in [0.3, 0.4) is 0 Å². The zero-order valence-electron chi connectivity index (χ0n) is 29.5. The smallest absolute Gasteiger partial charge is 0.196 e. The van der Waals surface area contributed by atoms with E-state index in [2.05, 4.69) is 176 Å². The number of nitriles is 1. The molecule has 11 rings (SSSR count). The van der Waals surface area contributed by atoms with Gasteiger partial charge in [0, 0.05) is 49.3 Å². The normalized spacial score (nSPS) is 11.6. The molecule has 0 saturated carbocycles. The molecule has 55 heavy (non-hydrogen) atoms. The van der Waals surface area contributed by atoms with Crippen LogP contribution in [0.4, 0.5) is 5.69 Å². The zero-order chi connectivity index (χ0) is 36.6. The number of fused-ring (bicyclic) bond motifs is 9. The second kappa shape index (κ2) is 11.8. The van der Waals surface area contributed by atoms with Gasteiger partial charge in [0.1, 0.15) is 0 Å². The van der Waals surface area contributed by atoms with Crippen LogP contribution < -0.4 is 0 Å². The predicted molar refractivity (Wildman–Crippen MR) is 226 cm³/mol. The molecule has 0 aliphatic carbocycles. The maximum atomic E-state index is 9.81. The van der Waals surface area contributed by atoms with Gasteiger partial charge in [0.25, 0.3) is 0 Å². The second-order valence-corrected chi connectivity index (χ2v) is 13.9. The first-order valence-corrected chi connectivity index (χ1v) is 18.3. The quantitative estimate of drug-likeness (QED) is 0.169. The van der Waals surface area contributed by atoms with Crippen molar-refractivity contribution < 1.29 is 0 Å². The summed E-state index contributed by atoms with van der Waals surface area (Å²) < 4.78 is 6.98. The van der Waals surface area contributed by atoms with E-state index in [9.17, 15) is 5.26 Å². The van der Waals surface area contributed by atoms with Gasteiger partial charge in [-0.1, -0.05) is 109 Å². The van der Waals surface area contributed by atoms with Gasteiger partial charge in [-0.15, -0.1) is 0 Å². The van der Waals surface area contributed by atoms with Gasteiger partial charge in [-0.2, -0.15) is 5.26 Å². The van der Waals surface area contributed by atoms with Gasteiger partial charge >= 0.3 is 0 Å². The van der Waals surface area contributed by atoms with E-state index in [0.717, 1.165) is 82.8 Å². The van der Waals surface area contributed by atoms with Crippen LogP contribution in [0.15, 0.2) is 176 Å². The molecule has 0 spiro atoms. The van der Waals surface area contributed by atoms with E-state index in [0.29, 0.717) is 11.3 Å². The van der Waals surface area contributed by atoms with Crippen LogP contribution in [0.1, 0.15) is 5.56 Å². The van der Waals surface area contributed by atoms with Gasteiger partial charge in [-0.05, 0) is 72.3 Å². The maximum absolute atomic E-state index is 9.81. The standard InChI is InChI=1S/C50H29N5/c1-52-41-17-11-22-47(49(41)33-25-27-34(28-26-33)53-42-18-6-2-12-35(42)36-13-3-7-19-43(36)53)55-45-21-9-4-14-37(45)39-16-10-23-48(50(39)55)54-44-20-8-5-15-38(44)40-30-32(31-51)24-29-46(40)54/h2-30H. The third kappa shape index (κ3) is 4.39. The Labute approximate surface area is 316 Å². The number of nitrogens with zero attached hydrogens (tertiary/aromatic N) is 5. The molecule has 11 aromatic rings. The van der Waals surface area contributed by atoms with Gasteiger partial charge in [0.2, 0.25) is 0 Å². The molecule has 254 valence electrons. The first-order chi connectivity index (χ1) is 27.2. The molecule has 3 heterocycles. The number of aromatic nitrogens is 3. The Hall–Kier alpha value is -7.86. The molecule has 3 aromatic heterocycles. The minimum absolute atomic E-state index is 0.589. The Bertz CT molecular complexity index is 3400. The van der Waals surface area contributed by atoms with Gasteiger partial charge in [-0.25, -0.2) is 4.85 Å². The molecular weight excluding hydrogens is 671 g/mol. The first-order valence-electron chi connectivity index (χ1n) is 18.3. The fourth-order valence-electron chi connectivity index (χ4n) is 8.81. The Morgan fingerprint density at radius 3 is 1.58 bits per heavy atom. The summed E-state index contributed by atoms with van der Waals surface area (Å²) in [6, 6.07) is 63.5. The molecule has 0 unspecified atom stereocenters. The molecule has 0 aliphatic rings. The third-order valence-corrected chi connectivity index (χ3v) is 11.1. The van der Waals surface area contributed by atoms with Crippen molar-refractivity contribution in [2.45, 2.75) is 0 Å². The van der Waals surface area contributed by atoms with Crippen molar-refractivity contribution in [3.63, 3.8) is 0 Å². The molecule has 0 atom stereocenters. The van der Waals surface area contributed by atoms with Crippen LogP contribution in [-0.2, 0) is 0 Å². The van der Waals surface area contributed by atoms with E-state index in [1.165, 1.54) is 10.8 Å². The Morgan fingerprint density at radius 2 is 0.945 bits per heavy atom. The average molecular weight is 700 g/mol. The SMILES string of the molecule is [C-]#[N+]c1cccc(-n2c3ccccc3c3cccc(-n4c5ccccc5c5cc(C#N)ccc54)c32)c1-c1ccc(-n2c3ccccc3c3ccccc32)cc1. The lowest BCUT2D eigenvalue weighted by atomic mass is 10.0. The van der Waals surface area contributed by atoms with Crippen molar-refractivity contribution >= 4 is 71.1 Å². The van der Waals surface area contributed by atoms with Crippen LogP contribution in [0, 0.1) is 17.9 Å². The number of para-hydroxylation sites is 5. The first kappa shape index (κ1) is 30.7. The predicted octanol–water partition coefficient (Wildman–Crippen LogP) is 13.1. The third-order valence-electron chi connectivity index (χ3n) is 11.1. The maximum Gasteiger partial charge on any atom is 0.196 e. The van der Waals surface area contributed by atoms with Gasteiger partial charge < -0.3 is 13.7 Å². The highest BCUT2D eigenvalue weighted by Gasteiger charge is 2.23. The van der Waals surface area contributed by atoms with Gasteiger partial charge in [0.15, 0.2) is 5.69 Å². The van der Waals surface area contributed by atoms with Crippen molar-refractivity contribution in [3.8, 4) is 34.3 Å². The molecule has 0 N–H and O–H groups in total. The van der Waals surface area contributed by atoms with E-state index in [-0.39, 0.29) is 0 Å². The minimum atomic E-state index is 0.589. The summed E-state index contributed by atoms with van der Waals surface area (Å²) >= 11 is 0. The van der Waals surface area contributed by atoms with E-state index >= 15 is 0 Å². The number of benzene rings is 8. The van der Waals surface area contributed by atoms with Gasteiger partial charge in [-0.3, -0.25) is 0 Å². The lowest BCUT2D eigenvalue weighted by Gasteiger charge is -2.18. The van der Waals surface area contributed by atoms with Crippen molar-refractivity contribution in [2.24, 2.45) is 0 Å². The van der Waals surface area contributed by atoms with Crippen LogP contribution in [0.2, 0.25) is 0 Å². The molecular formula is C50H29N5. The summed E-state index contributed by atoms with van der Waals surface area (Å²) in [5.41, 5.74) is 12.6. The molecule has 0 fully saturated rings. The molecule has 5 nitrogen and oxygen atoms in total. The highest BCUT2D eigenvalue weighted by molar-refractivity contribution is 6.16. The van der Waals surface area contributed by atoms with Crippen LogP contribution in [0.5, 0.6) is 0 Å². The van der Waals surface area contributed by atoms with Crippen molar-refractivity contribution in [2.75, 3.05) is 0 Å². The number of hydrogen-bond donors (Lipinski definition) is 0. The highest BCUT2D eigenvalue weighted by Crippen LogP contribution is 2.44. The van der Waals surface area contributed by atoms with E-state index in [1.54, 1.807) is 0 Å². The molecule has 0 bridgehead atoms. The highest BCUT2D eigenvalue weighted by atomic mass is 15.1. The molecule has 8 aromatic carbocycles. The molecule has 0 radical (unpaired) electrons. The number of hydrogen-bond acceptors (Lipinski definition) is 1. The minimum Gasteiger partial charge on any atom is -0.309 e. The van der Waals surface area contributed by atoms with Crippen molar-refractivity contribution in [1.82, 2.24) is 13.7 Å². The van der Waals surface area contributed by atoms with Crippen LogP contribution >= 0.6 is 0 Å². The van der Waals surface area contributed by atoms with Gasteiger partial charge in [0.05, 0.1) is 57.0 Å². The lowest BCUT2D eigenvalue weighted by molar-refractivity contribution is 1.13. The molecule has 0 aliphatic heterocycles. The summed E-state index contributed by atoms with van der Waals surface area (Å²) in [5.74, 6) is 0. The van der Waals surface area contributed by atoms with E-state index in [1.807, 2.05) is 24.3 Å². The van der Waals surface area contributed by atoms with Crippen molar-refractivity contribution in [1.29, 1.82) is 5.26 Å². The summed E-state index contributed by atoms with van der Waals surface area (Å²) in [4.78, 5) is 4.10. The average Bonchev–Trinajstić information content (AvgIpc) is 3.89. The van der Waals surface area contributed by atoms with Crippen molar-refractivity contribution in [3.05, 3.63) is 193 Å².